The molecule has 0 saturated heterocycles. The molecule has 0 aliphatic rings. The molecule has 4 N–H and O–H groups in total. The smallest absolute Gasteiger partial charge is 0.314 e. The fourth-order valence-electron chi connectivity index (χ4n) is 3.12. The van der Waals surface area contributed by atoms with Gasteiger partial charge in [0, 0.05) is 42.1 Å². The third kappa shape index (κ3) is 5.40. The molecular formula is C21H18N6O7. The number of rotatable bonds is 5. The maximum atomic E-state index is 11.6. The number of aromatic nitrogens is 4. The van der Waals surface area contributed by atoms with Crippen molar-refractivity contribution in [3.8, 4) is 5.69 Å². The summed E-state index contributed by atoms with van der Waals surface area (Å²) >= 11 is 0. The first-order valence-electron chi connectivity index (χ1n) is 9.63. The number of carbonyl (C=O) groups excluding carboxylic acids is 2. The molecule has 4 aromatic rings. The number of nitrogens with two attached hydrogens (primary N) is 1. The number of H-pyrrole nitrogens is 2. The number of benzene rings is 1. The molecular weight excluding hydrogens is 448 g/mol. The minimum atomic E-state index is -1.08. The highest BCUT2D eigenvalue weighted by Crippen LogP contribution is 2.27. The Morgan fingerprint density at radius 1 is 1.09 bits per heavy atom. The van der Waals surface area contributed by atoms with Gasteiger partial charge in [0.2, 0.25) is 5.91 Å². The molecule has 13 nitrogen and oxygen atoms in total. The fraction of sp³-hybridized carbons (Fsp3) is 0.0952. The summed E-state index contributed by atoms with van der Waals surface area (Å²) in [6, 6.07) is 7.64. The van der Waals surface area contributed by atoms with Crippen molar-refractivity contribution in [1.29, 1.82) is 0 Å². The number of amides is 1. The maximum Gasteiger partial charge on any atom is 0.314 e. The van der Waals surface area contributed by atoms with E-state index in [1.165, 1.54) is 12.1 Å². The lowest BCUT2D eigenvalue weighted by Gasteiger charge is -2.06. The first kappa shape index (κ1) is 23.6. The van der Waals surface area contributed by atoms with Crippen molar-refractivity contribution in [2.75, 3.05) is 0 Å². The van der Waals surface area contributed by atoms with Crippen LogP contribution in [-0.2, 0) is 11.3 Å². The minimum Gasteiger partial charge on any atom is -0.550 e. The number of aromatic amines is 2. The number of hydrogen-bond acceptors (Lipinski definition) is 7. The van der Waals surface area contributed by atoms with Crippen LogP contribution < -0.4 is 26.5 Å². The zero-order valence-electron chi connectivity index (χ0n) is 17.7. The van der Waals surface area contributed by atoms with E-state index in [1.807, 2.05) is 4.57 Å². The number of nitrogens with one attached hydrogen (secondary N) is 2. The number of carboxylic acid groups (broad SMARTS) is 1. The van der Waals surface area contributed by atoms with E-state index in [-0.39, 0.29) is 22.4 Å². The Hall–Kier alpha value is -5.07. The molecule has 4 rings (SSSR count). The van der Waals surface area contributed by atoms with Crippen LogP contribution in [0.2, 0.25) is 0 Å². The predicted octanol–water partition coefficient (Wildman–Crippen LogP) is -0.894. The minimum absolute atomic E-state index is 0.160. The van der Waals surface area contributed by atoms with E-state index in [2.05, 4.69) is 9.97 Å². The van der Waals surface area contributed by atoms with Crippen LogP contribution in [0.3, 0.4) is 0 Å². The number of aliphatic carboxylic acids is 1. The highest BCUT2D eigenvalue weighted by atomic mass is 16.6. The Kier molecular flexibility index (Phi) is 6.66. The average Bonchev–Trinajstić information content (AvgIpc) is 3.22. The second-order valence-electron chi connectivity index (χ2n) is 7.09. The van der Waals surface area contributed by atoms with Gasteiger partial charge in [0.15, 0.2) is 18.9 Å². The Morgan fingerprint density at radius 2 is 1.65 bits per heavy atom. The monoisotopic (exact) mass is 466 g/mol. The van der Waals surface area contributed by atoms with E-state index in [0.29, 0.717) is 12.1 Å². The van der Waals surface area contributed by atoms with Crippen molar-refractivity contribution in [2.24, 2.45) is 5.73 Å². The van der Waals surface area contributed by atoms with Gasteiger partial charge in [0.1, 0.15) is 5.69 Å². The molecule has 0 aliphatic carbocycles. The number of nitrogens with zero attached hydrogens (tertiary/aromatic N) is 3. The molecule has 3 aromatic heterocycles. The van der Waals surface area contributed by atoms with Crippen molar-refractivity contribution in [3.05, 3.63) is 97.1 Å². The summed E-state index contributed by atoms with van der Waals surface area (Å²) in [5.41, 5.74) is 5.17. The first-order valence-corrected chi connectivity index (χ1v) is 9.63. The van der Waals surface area contributed by atoms with Crippen molar-refractivity contribution < 1.29 is 24.2 Å². The van der Waals surface area contributed by atoms with Crippen molar-refractivity contribution >= 4 is 28.6 Å². The number of carboxylic acids is 1. The molecule has 0 fully saturated rings. The van der Waals surface area contributed by atoms with Gasteiger partial charge in [-0.2, -0.15) is 0 Å². The quantitative estimate of drug-likeness (QED) is 0.146. The summed E-state index contributed by atoms with van der Waals surface area (Å²) < 4.78 is 3.39. The standard InChI is InChI=1S/C19H14N6O5.C2H4O2/c20-17(26)12-2-4-23(5-3-12)9-11-1-6-24(10-11)15-7-13-14(8-16(15)25(29)30)22-19(28)18(27)21-13;1-2(3)4/h1-8,10,26H,9,20H2;1H3,(H,3,4). The van der Waals surface area contributed by atoms with Crippen LogP contribution in [-0.4, -0.2) is 31.3 Å². The van der Waals surface area contributed by atoms with Gasteiger partial charge in [0.25, 0.3) is 5.69 Å². The molecule has 0 aliphatic heterocycles. The number of nitro benzene ring substituents is 1. The van der Waals surface area contributed by atoms with Crippen LogP contribution in [0, 0.1) is 10.1 Å². The topological polar surface area (TPSA) is 201 Å². The summed E-state index contributed by atoms with van der Waals surface area (Å²) in [5, 5.41) is 20.5. The number of carbonyl (C=O) groups is 2. The molecule has 0 bridgehead atoms. The molecule has 0 radical (unpaired) electrons. The van der Waals surface area contributed by atoms with Gasteiger partial charge in [-0.15, -0.1) is 0 Å². The van der Waals surface area contributed by atoms with Crippen molar-refractivity contribution in [2.45, 2.75) is 13.5 Å². The summed E-state index contributed by atoms with van der Waals surface area (Å²) in [5.74, 6) is -1.60. The normalized spacial score (nSPS) is 10.4. The SMILES string of the molecule is CC(=O)[O-].NC(=O)c1cc[n+](Cc2ccn(-c3cc4[nH]c(=O)c(=O)[nH]c4cc3[N+](=O)[O-])c2)cc1. The van der Waals surface area contributed by atoms with E-state index < -0.39 is 27.9 Å². The molecule has 174 valence electrons. The van der Waals surface area contributed by atoms with Crippen LogP contribution in [0.4, 0.5) is 5.69 Å². The van der Waals surface area contributed by atoms with Gasteiger partial charge in [0.05, 0.1) is 21.5 Å². The molecule has 0 atom stereocenters. The molecule has 1 amide bonds. The van der Waals surface area contributed by atoms with Gasteiger partial charge in [-0.3, -0.25) is 24.5 Å². The molecule has 0 unspecified atom stereocenters. The average molecular weight is 466 g/mol. The van der Waals surface area contributed by atoms with E-state index in [4.69, 9.17) is 15.6 Å². The van der Waals surface area contributed by atoms with Gasteiger partial charge >= 0.3 is 11.1 Å². The number of primary amides is 1. The van der Waals surface area contributed by atoms with Crippen LogP contribution in [0.5, 0.6) is 0 Å². The van der Waals surface area contributed by atoms with Crippen LogP contribution in [0.15, 0.2) is 64.7 Å². The van der Waals surface area contributed by atoms with Gasteiger partial charge in [-0.25, -0.2) is 4.57 Å². The number of pyridine rings is 1. The highest BCUT2D eigenvalue weighted by Gasteiger charge is 2.19. The van der Waals surface area contributed by atoms with Gasteiger partial charge in [-0.05, 0) is 19.1 Å². The van der Waals surface area contributed by atoms with Crippen molar-refractivity contribution in [3.63, 3.8) is 0 Å². The lowest BCUT2D eigenvalue weighted by Crippen LogP contribution is -2.33. The van der Waals surface area contributed by atoms with E-state index in [1.54, 1.807) is 47.6 Å². The highest BCUT2D eigenvalue weighted by molar-refractivity contribution is 5.92. The zero-order chi connectivity index (χ0) is 25.0. The molecule has 34 heavy (non-hydrogen) atoms. The third-order valence-corrected chi connectivity index (χ3v) is 4.59. The fourth-order valence-corrected chi connectivity index (χ4v) is 3.12. The zero-order valence-corrected chi connectivity index (χ0v) is 17.7. The Morgan fingerprint density at radius 3 is 2.18 bits per heavy atom. The van der Waals surface area contributed by atoms with Crippen LogP contribution >= 0.6 is 0 Å². The molecule has 13 heteroatoms. The maximum absolute atomic E-state index is 11.6. The number of fused-ring (bicyclic) bond motifs is 1. The van der Waals surface area contributed by atoms with E-state index >= 15 is 0 Å². The second-order valence-corrected chi connectivity index (χ2v) is 7.09. The van der Waals surface area contributed by atoms with Crippen molar-refractivity contribution in [1.82, 2.24) is 14.5 Å². The molecule has 1 aromatic carbocycles. The molecule has 3 heterocycles. The van der Waals surface area contributed by atoms with Crippen LogP contribution in [0.1, 0.15) is 22.8 Å². The Labute approximate surface area is 189 Å². The van der Waals surface area contributed by atoms with Gasteiger partial charge in [-0.1, -0.05) is 0 Å². The summed E-state index contributed by atoms with van der Waals surface area (Å²) in [4.78, 5) is 58.9. The van der Waals surface area contributed by atoms with Crippen LogP contribution in [0.25, 0.3) is 16.7 Å². The summed E-state index contributed by atoms with van der Waals surface area (Å²) in [7, 11) is 0. The second kappa shape index (κ2) is 9.60. The lowest BCUT2D eigenvalue weighted by atomic mass is 10.2. The molecule has 0 spiro atoms. The number of nitro groups is 1. The Balaban J connectivity index is 0.000000751. The summed E-state index contributed by atoms with van der Waals surface area (Å²) in [6.07, 6.45) is 6.78. The molecule has 0 saturated carbocycles. The largest absolute Gasteiger partial charge is 0.550 e. The predicted molar refractivity (Wildman–Crippen MR) is 116 cm³/mol. The lowest BCUT2D eigenvalue weighted by molar-refractivity contribution is -0.688. The van der Waals surface area contributed by atoms with Gasteiger partial charge < -0.3 is 30.2 Å². The number of hydrogen-bond donors (Lipinski definition) is 3. The van der Waals surface area contributed by atoms with E-state index in [0.717, 1.165) is 12.5 Å². The van der Waals surface area contributed by atoms with E-state index in [9.17, 15) is 24.5 Å². The third-order valence-electron chi connectivity index (χ3n) is 4.59. The Bertz CT molecular complexity index is 1510. The first-order chi connectivity index (χ1) is 16.0. The summed E-state index contributed by atoms with van der Waals surface area (Å²) in [6.45, 7) is 1.43.